The molecule has 0 heterocycles. The molecule has 2 rings (SSSR count). The maximum absolute atomic E-state index is 12.0. The van der Waals surface area contributed by atoms with Crippen LogP contribution in [-0.2, 0) is 4.79 Å². The molecule has 0 saturated heterocycles. The lowest BCUT2D eigenvalue weighted by molar-refractivity contribution is -0.116. The SMILES string of the molecule is O=C(CCC(=O)c1ccc(I)cc1)Nc1cccc(Cl)c1. The molecule has 0 bridgehead atoms. The van der Waals surface area contributed by atoms with Crippen molar-refractivity contribution in [3.8, 4) is 0 Å². The van der Waals surface area contributed by atoms with E-state index in [1.165, 1.54) is 0 Å². The molecule has 0 atom stereocenters. The quantitative estimate of drug-likeness (QED) is 0.577. The number of anilines is 1. The number of hydrogen-bond donors (Lipinski definition) is 1. The fraction of sp³-hybridized carbons (Fsp3) is 0.125. The Kier molecular flexibility index (Phi) is 5.76. The molecule has 2 aromatic rings. The molecule has 108 valence electrons. The van der Waals surface area contributed by atoms with Gasteiger partial charge >= 0.3 is 0 Å². The summed E-state index contributed by atoms with van der Waals surface area (Å²) >= 11 is 8.02. The number of rotatable bonds is 5. The third-order valence-electron chi connectivity index (χ3n) is 2.85. The van der Waals surface area contributed by atoms with Crippen LogP contribution in [0, 0.1) is 3.57 Å². The molecule has 0 fully saturated rings. The number of hydrogen-bond acceptors (Lipinski definition) is 2. The molecule has 0 aliphatic heterocycles. The molecule has 21 heavy (non-hydrogen) atoms. The van der Waals surface area contributed by atoms with Crippen molar-refractivity contribution in [1.29, 1.82) is 0 Å². The Balaban J connectivity index is 1.86. The minimum Gasteiger partial charge on any atom is -0.326 e. The van der Waals surface area contributed by atoms with Gasteiger partial charge in [0.1, 0.15) is 0 Å². The molecule has 0 unspecified atom stereocenters. The highest BCUT2D eigenvalue weighted by Crippen LogP contribution is 2.15. The molecule has 2 aromatic carbocycles. The van der Waals surface area contributed by atoms with Crippen molar-refractivity contribution in [2.75, 3.05) is 5.32 Å². The second-order valence-corrected chi connectivity index (χ2v) is 6.17. The number of Topliss-reactive ketones (excluding diaryl/α,β-unsaturated/α-hetero) is 1. The molecule has 0 radical (unpaired) electrons. The van der Waals surface area contributed by atoms with E-state index in [1.807, 2.05) is 12.1 Å². The summed E-state index contributed by atoms with van der Waals surface area (Å²) in [7, 11) is 0. The molecular formula is C16H13ClINO2. The van der Waals surface area contributed by atoms with E-state index in [9.17, 15) is 9.59 Å². The zero-order valence-electron chi connectivity index (χ0n) is 11.1. The second-order valence-electron chi connectivity index (χ2n) is 4.49. The minimum atomic E-state index is -0.198. The number of carbonyl (C=O) groups excluding carboxylic acids is 2. The van der Waals surface area contributed by atoms with Crippen LogP contribution < -0.4 is 5.32 Å². The Hall–Kier alpha value is -1.40. The number of carbonyl (C=O) groups is 2. The highest BCUT2D eigenvalue weighted by atomic mass is 127. The number of benzene rings is 2. The first-order valence-electron chi connectivity index (χ1n) is 6.39. The Morgan fingerprint density at radius 3 is 2.43 bits per heavy atom. The fourth-order valence-electron chi connectivity index (χ4n) is 1.80. The van der Waals surface area contributed by atoms with Gasteiger partial charge in [0.05, 0.1) is 0 Å². The van der Waals surface area contributed by atoms with Crippen molar-refractivity contribution in [3.63, 3.8) is 0 Å². The maximum atomic E-state index is 12.0. The predicted octanol–water partition coefficient (Wildman–Crippen LogP) is 4.55. The first-order valence-corrected chi connectivity index (χ1v) is 7.84. The lowest BCUT2D eigenvalue weighted by atomic mass is 10.1. The maximum Gasteiger partial charge on any atom is 0.224 e. The van der Waals surface area contributed by atoms with Crippen molar-refractivity contribution in [2.45, 2.75) is 12.8 Å². The van der Waals surface area contributed by atoms with Crippen molar-refractivity contribution in [2.24, 2.45) is 0 Å². The largest absolute Gasteiger partial charge is 0.326 e. The molecule has 3 nitrogen and oxygen atoms in total. The monoisotopic (exact) mass is 413 g/mol. The third kappa shape index (κ3) is 5.13. The van der Waals surface area contributed by atoms with E-state index in [0.717, 1.165) is 3.57 Å². The van der Waals surface area contributed by atoms with Gasteiger partial charge in [-0.25, -0.2) is 0 Å². The van der Waals surface area contributed by atoms with E-state index in [2.05, 4.69) is 27.9 Å². The van der Waals surface area contributed by atoms with E-state index in [4.69, 9.17) is 11.6 Å². The fourth-order valence-corrected chi connectivity index (χ4v) is 2.35. The summed E-state index contributed by atoms with van der Waals surface area (Å²) in [5.74, 6) is -0.233. The van der Waals surface area contributed by atoms with E-state index >= 15 is 0 Å². The summed E-state index contributed by atoms with van der Waals surface area (Å²) in [6.07, 6.45) is 0.338. The van der Waals surface area contributed by atoms with Gasteiger partial charge in [0, 0.05) is 32.7 Å². The van der Waals surface area contributed by atoms with Crippen LogP contribution in [0.2, 0.25) is 5.02 Å². The van der Waals surface area contributed by atoms with Crippen LogP contribution in [0.15, 0.2) is 48.5 Å². The van der Waals surface area contributed by atoms with Crippen molar-refractivity contribution in [3.05, 3.63) is 62.7 Å². The van der Waals surface area contributed by atoms with Crippen LogP contribution in [0.4, 0.5) is 5.69 Å². The Morgan fingerprint density at radius 2 is 1.76 bits per heavy atom. The summed E-state index contributed by atoms with van der Waals surface area (Å²) in [4.78, 5) is 23.8. The Labute approximate surface area is 141 Å². The van der Waals surface area contributed by atoms with E-state index < -0.39 is 0 Å². The van der Waals surface area contributed by atoms with Crippen molar-refractivity contribution in [1.82, 2.24) is 0 Å². The minimum absolute atomic E-state index is 0.0346. The normalized spacial score (nSPS) is 10.2. The predicted molar refractivity (Wildman–Crippen MR) is 92.8 cm³/mol. The van der Waals surface area contributed by atoms with Crippen molar-refractivity contribution >= 4 is 51.6 Å². The Morgan fingerprint density at radius 1 is 1.05 bits per heavy atom. The summed E-state index contributed by atoms with van der Waals surface area (Å²) in [5, 5.41) is 3.28. The van der Waals surface area contributed by atoms with E-state index in [1.54, 1.807) is 36.4 Å². The average Bonchev–Trinajstić information content (AvgIpc) is 2.45. The summed E-state index contributed by atoms with van der Waals surface area (Å²) < 4.78 is 1.07. The van der Waals surface area contributed by atoms with Gasteiger partial charge < -0.3 is 5.32 Å². The number of nitrogens with one attached hydrogen (secondary N) is 1. The highest BCUT2D eigenvalue weighted by molar-refractivity contribution is 14.1. The summed E-state index contributed by atoms with van der Waals surface area (Å²) in [6.45, 7) is 0. The first-order chi connectivity index (χ1) is 10.0. The lowest BCUT2D eigenvalue weighted by Gasteiger charge is -2.05. The second kappa shape index (κ2) is 7.56. The molecule has 0 saturated carbocycles. The van der Waals surface area contributed by atoms with Gasteiger partial charge in [-0.15, -0.1) is 0 Å². The number of amides is 1. The first kappa shape index (κ1) is 16.0. The van der Waals surface area contributed by atoms with Crippen LogP contribution >= 0.6 is 34.2 Å². The van der Waals surface area contributed by atoms with Gasteiger partial charge in [-0.2, -0.15) is 0 Å². The van der Waals surface area contributed by atoms with Gasteiger partial charge in [-0.3, -0.25) is 9.59 Å². The number of halogens is 2. The van der Waals surface area contributed by atoms with Crippen LogP contribution in [0.5, 0.6) is 0 Å². The van der Waals surface area contributed by atoms with Gasteiger partial charge in [0.25, 0.3) is 0 Å². The zero-order chi connectivity index (χ0) is 15.2. The molecular weight excluding hydrogens is 401 g/mol. The standard InChI is InChI=1S/C16H13ClINO2/c17-12-2-1-3-14(10-12)19-16(21)9-8-15(20)11-4-6-13(18)7-5-11/h1-7,10H,8-9H2,(H,19,21). The van der Waals surface area contributed by atoms with Crippen LogP contribution in [0.1, 0.15) is 23.2 Å². The lowest BCUT2D eigenvalue weighted by Crippen LogP contribution is -2.13. The average molecular weight is 414 g/mol. The van der Waals surface area contributed by atoms with Gasteiger partial charge in [0.2, 0.25) is 5.91 Å². The van der Waals surface area contributed by atoms with Gasteiger partial charge in [-0.05, 0) is 52.9 Å². The Bertz CT molecular complexity index is 656. The molecule has 0 aliphatic rings. The molecule has 0 aliphatic carbocycles. The topological polar surface area (TPSA) is 46.2 Å². The summed E-state index contributed by atoms with van der Waals surface area (Å²) in [5.41, 5.74) is 1.26. The van der Waals surface area contributed by atoms with Crippen molar-refractivity contribution < 1.29 is 9.59 Å². The zero-order valence-corrected chi connectivity index (χ0v) is 14.0. The number of ketones is 1. The van der Waals surface area contributed by atoms with E-state index in [0.29, 0.717) is 16.3 Å². The molecule has 0 aromatic heterocycles. The van der Waals surface area contributed by atoms with Gasteiger partial charge in [0.15, 0.2) is 5.78 Å². The van der Waals surface area contributed by atoms with Crippen LogP contribution in [0.25, 0.3) is 0 Å². The molecule has 0 spiro atoms. The summed E-state index contributed by atoms with van der Waals surface area (Å²) in [6, 6.07) is 14.2. The highest BCUT2D eigenvalue weighted by Gasteiger charge is 2.09. The molecule has 5 heteroatoms. The third-order valence-corrected chi connectivity index (χ3v) is 3.81. The van der Waals surface area contributed by atoms with Gasteiger partial charge in [-0.1, -0.05) is 29.8 Å². The van der Waals surface area contributed by atoms with Crippen LogP contribution in [-0.4, -0.2) is 11.7 Å². The molecule has 1 amide bonds. The molecule has 1 N–H and O–H groups in total. The van der Waals surface area contributed by atoms with Crippen LogP contribution in [0.3, 0.4) is 0 Å². The smallest absolute Gasteiger partial charge is 0.224 e. The van der Waals surface area contributed by atoms with E-state index in [-0.39, 0.29) is 24.5 Å².